The van der Waals surface area contributed by atoms with Crippen LogP contribution in [0.15, 0.2) is 63.8 Å². The van der Waals surface area contributed by atoms with Crippen molar-refractivity contribution in [2.75, 3.05) is 0 Å². The summed E-state index contributed by atoms with van der Waals surface area (Å²) in [5, 5.41) is 0.840. The van der Waals surface area contributed by atoms with Crippen LogP contribution in [0.25, 0.3) is 11.0 Å². The molecule has 0 bridgehead atoms. The number of aryl methyl sites for hydroxylation is 1. The molecular weight excluding hydrogens is 252 g/mol. The van der Waals surface area contributed by atoms with Gasteiger partial charge < -0.3 is 9.15 Å². The van der Waals surface area contributed by atoms with Gasteiger partial charge in [-0.3, -0.25) is 0 Å². The van der Waals surface area contributed by atoms with Gasteiger partial charge in [0.15, 0.2) is 0 Å². The van der Waals surface area contributed by atoms with E-state index in [4.69, 9.17) is 9.15 Å². The van der Waals surface area contributed by atoms with Crippen LogP contribution < -0.4 is 10.4 Å². The second kappa shape index (κ2) is 5.21. The first kappa shape index (κ1) is 12.5. The molecule has 0 fully saturated rings. The van der Waals surface area contributed by atoms with Gasteiger partial charge in [-0.25, -0.2) is 4.79 Å². The summed E-state index contributed by atoms with van der Waals surface area (Å²) < 4.78 is 10.8. The van der Waals surface area contributed by atoms with Crippen LogP contribution in [-0.2, 0) is 6.42 Å². The third-order valence-electron chi connectivity index (χ3n) is 3.17. The third-order valence-corrected chi connectivity index (χ3v) is 3.17. The van der Waals surface area contributed by atoms with E-state index in [9.17, 15) is 4.79 Å². The smallest absolute Gasteiger partial charge is 0.379 e. The zero-order valence-electron chi connectivity index (χ0n) is 11.1. The fraction of sp³-hybridized carbons (Fsp3) is 0.118. The van der Waals surface area contributed by atoms with Crippen molar-refractivity contribution in [2.24, 2.45) is 0 Å². The average molecular weight is 266 g/mol. The van der Waals surface area contributed by atoms with Crippen LogP contribution in [0.1, 0.15) is 12.5 Å². The van der Waals surface area contributed by atoms with Gasteiger partial charge in [-0.15, -0.1) is 0 Å². The highest BCUT2D eigenvalue weighted by atomic mass is 16.5. The van der Waals surface area contributed by atoms with E-state index in [0.29, 0.717) is 11.3 Å². The van der Waals surface area contributed by atoms with Gasteiger partial charge in [-0.1, -0.05) is 37.3 Å². The summed E-state index contributed by atoms with van der Waals surface area (Å²) >= 11 is 0. The molecule has 3 aromatic rings. The molecule has 1 aromatic heterocycles. The predicted molar refractivity (Wildman–Crippen MR) is 78.4 cm³/mol. The van der Waals surface area contributed by atoms with Gasteiger partial charge in [0.2, 0.25) is 5.75 Å². The minimum Gasteiger partial charge on any atom is -0.450 e. The highest BCUT2D eigenvalue weighted by Gasteiger charge is 2.07. The van der Waals surface area contributed by atoms with Crippen molar-refractivity contribution in [1.82, 2.24) is 0 Å². The van der Waals surface area contributed by atoms with Crippen molar-refractivity contribution in [3.8, 4) is 11.5 Å². The molecule has 0 N–H and O–H groups in total. The molecule has 3 heteroatoms. The number of rotatable bonds is 3. The first-order valence-electron chi connectivity index (χ1n) is 6.56. The van der Waals surface area contributed by atoms with Crippen molar-refractivity contribution in [3.63, 3.8) is 0 Å². The maximum absolute atomic E-state index is 11.9. The van der Waals surface area contributed by atoms with E-state index < -0.39 is 5.63 Å². The summed E-state index contributed by atoms with van der Waals surface area (Å²) in [7, 11) is 0. The van der Waals surface area contributed by atoms with E-state index >= 15 is 0 Å². The Morgan fingerprint density at radius 3 is 2.55 bits per heavy atom. The van der Waals surface area contributed by atoms with Crippen molar-refractivity contribution >= 4 is 11.0 Å². The van der Waals surface area contributed by atoms with Crippen LogP contribution in [0, 0.1) is 0 Å². The highest BCUT2D eigenvalue weighted by molar-refractivity contribution is 5.77. The minimum atomic E-state index is -0.469. The molecule has 0 amide bonds. The Kier molecular flexibility index (Phi) is 3.25. The minimum absolute atomic E-state index is 0.202. The Balaban J connectivity index is 1.97. The van der Waals surface area contributed by atoms with Gasteiger partial charge in [-0.05, 0) is 36.2 Å². The predicted octanol–water partition coefficient (Wildman–Crippen LogP) is 4.15. The molecule has 0 aliphatic rings. The standard InChI is InChI=1S/C17H14O3/c1-2-12-7-9-14(10-8-12)19-16-11-13-5-3-4-6-15(13)20-17(16)18/h3-11H,2H2,1H3. The van der Waals surface area contributed by atoms with Gasteiger partial charge in [0.05, 0.1) is 0 Å². The van der Waals surface area contributed by atoms with Crippen molar-refractivity contribution in [1.29, 1.82) is 0 Å². The molecule has 0 saturated carbocycles. The number of hydrogen-bond acceptors (Lipinski definition) is 3. The number of fused-ring (bicyclic) bond motifs is 1. The van der Waals surface area contributed by atoms with E-state index in [1.54, 1.807) is 12.1 Å². The van der Waals surface area contributed by atoms with Crippen LogP contribution in [-0.4, -0.2) is 0 Å². The normalized spacial score (nSPS) is 10.7. The topological polar surface area (TPSA) is 39.4 Å². The van der Waals surface area contributed by atoms with Crippen LogP contribution in [0.5, 0.6) is 11.5 Å². The number of benzene rings is 2. The molecular formula is C17H14O3. The molecule has 0 unspecified atom stereocenters. The Morgan fingerprint density at radius 2 is 1.80 bits per heavy atom. The molecule has 0 atom stereocenters. The fourth-order valence-corrected chi connectivity index (χ4v) is 2.03. The maximum atomic E-state index is 11.9. The summed E-state index contributed by atoms with van der Waals surface area (Å²) in [5.74, 6) is 0.831. The third kappa shape index (κ3) is 2.43. The SMILES string of the molecule is CCc1ccc(Oc2cc3ccccc3oc2=O)cc1. The molecule has 1 heterocycles. The largest absolute Gasteiger partial charge is 0.450 e. The first-order chi connectivity index (χ1) is 9.76. The lowest BCUT2D eigenvalue weighted by Gasteiger charge is -2.06. The van der Waals surface area contributed by atoms with Gasteiger partial charge in [0.1, 0.15) is 11.3 Å². The molecule has 0 saturated heterocycles. The zero-order valence-corrected chi connectivity index (χ0v) is 11.1. The maximum Gasteiger partial charge on any atom is 0.379 e. The Morgan fingerprint density at radius 1 is 1.05 bits per heavy atom. The second-order valence-electron chi connectivity index (χ2n) is 4.54. The molecule has 100 valence electrons. The number of hydrogen-bond donors (Lipinski definition) is 0. The van der Waals surface area contributed by atoms with Gasteiger partial charge >= 0.3 is 5.63 Å². The summed E-state index contributed by atoms with van der Waals surface area (Å²) in [6.45, 7) is 2.09. The Hall–Kier alpha value is -2.55. The quantitative estimate of drug-likeness (QED) is 0.668. The van der Waals surface area contributed by atoms with Crippen molar-refractivity contribution in [2.45, 2.75) is 13.3 Å². The summed E-state index contributed by atoms with van der Waals surface area (Å²) in [6, 6.07) is 16.7. The van der Waals surface area contributed by atoms with Crippen LogP contribution >= 0.6 is 0 Å². The Bertz CT molecular complexity index is 785. The van der Waals surface area contributed by atoms with E-state index in [2.05, 4.69) is 6.92 Å². The molecule has 20 heavy (non-hydrogen) atoms. The molecule has 0 spiro atoms. The van der Waals surface area contributed by atoms with Crippen LogP contribution in [0.4, 0.5) is 0 Å². The summed E-state index contributed by atoms with van der Waals surface area (Å²) in [5.41, 5.74) is 1.32. The highest BCUT2D eigenvalue weighted by Crippen LogP contribution is 2.22. The number of para-hydroxylation sites is 1. The van der Waals surface area contributed by atoms with E-state index in [0.717, 1.165) is 11.8 Å². The number of ether oxygens (including phenoxy) is 1. The van der Waals surface area contributed by atoms with Crippen molar-refractivity contribution in [3.05, 3.63) is 70.6 Å². The molecule has 2 aromatic carbocycles. The monoisotopic (exact) mass is 266 g/mol. The van der Waals surface area contributed by atoms with Crippen molar-refractivity contribution < 1.29 is 9.15 Å². The average Bonchev–Trinajstić information content (AvgIpc) is 2.49. The lowest BCUT2D eigenvalue weighted by atomic mass is 10.2. The Labute approximate surface area is 116 Å². The molecule has 0 radical (unpaired) electrons. The molecule has 0 aliphatic heterocycles. The lowest BCUT2D eigenvalue weighted by Crippen LogP contribution is -2.02. The molecule has 3 rings (SSSR count). The summed E-state index contributed by atoms with van der Waals surface area (Å²) in [6.07, 6.45) is 0.971. The van der Waals surface area contributed by atoms with Crippen LogP contribution in [0.2, 0.25) is 0 Å². The van der Waals surface area contributed by atoms with Gasteiger partial charge in [0.25, 0.3) is 0 Å². The lowest BCUT2D eigenvalue weighted by molar-refractivity contribution is 0.437. The van der Waals surface area contributed by atoms with Gasteiger partial charge in [0, 0.05) is 5.39 Å². The van der Waals surface area contributed by atoms with E-state index in [1.807, 2.05) is 42.5 Å². The second-order valence-corrected chi connectivity index (χ2v) is 4.54. The molecule has 0 aliphatic carbocycles. The fourth-order valence-electron chi connectivity index (χ4n) is 2.03. The summed E-state index contributed by atoms with van der Waals surface area (Å²) in [4.78, 5) is 11.9. The van der Waals surface area contributed by atoms with Crippen LogP contribution in [0.3, 0.4) is 0 Å². The van der Waals surface area contributed by atoms with E-state index in [-0.39, 0.29) is 5.75 Å². The van der Waals surface area contributed by atoms with E-state index in [1.165, 1.54) is 5.56 Å². The van der Waals surface area contributed by atoms with Gasteiger partial charge in [-0.2, -0.15) is 0 Å². The first-order valence-corrected chi connectivity index (χ1v) is 6.56. The zero-order chi connectivity index (χ0) is 13.9. The molecule has 3 nitrogen and oxygen atoms in total.